The zero-order valence-corrected chi connectivity index (χ0v) is 9.89. The monoisotopic (exact) mass is 223 g/mol. The van der Waals surface area contributed by atoms with Gasteiger partial charge in [-0.25, -0.2) is 4.98 Å². The molecule has 15 heavy (non-hydrogen) atoms. The lowest BCUT2D eigenvalue weighted by molar-refractivity contribution is 0.281. The Morgan fingerprint density at radius 2 is 2.20 bits per heavy atom. The van der Waals surface area contributed by atoms with E-state index >= 15 is 0 Å². The summed E-state index contributed by atoms with van der Waals surface area (Å²) in [5.41, 5.74) is 2.10. The van der Waals surface area contributed by atoms with Gasteiger partial charge in [0.25, 0.3) is 0 Å². The largest absolute Gasteiger partial charge is 0.392 e. The van der Waals surface area contributed by atoms with Crippen LogP contribution in [0.25, 0.3) is 0 Å². The molecule has 0 amide bonds. The third kappa shape index (κ3) is 2.73. The van der Waals surface area contributed by atoms with E-state index in [0.717, 1.165) is 15.8 Å². The molecule has 0 aliphatic heterocycles. The van der Waals surface area contributed by atoms with Crippen molar-refractivity contribution in [2.45, 2.75) is 49.5 Å². The molecule has 1 aromatic rings. The molecular weight excluding hydrogens is 206 g/mol. The quantitative estimate of drug-likeness (QED) is 0.855. The SMILES string of the molecule is Cc1cc(CO)cnc1SC1CCCC1. The highest BCUT2D eigenvalue weighted by Crippen LogP contribution is 2.35. The van der Waals surface area contributed by atoms with Crippen molar-refractivity contribution in [3.05, 3.63) is 23.4 Å². The van der Waals surface area contributed by atoms with Crippen molar-refractivity contribution in [3.63, 3.8) is 0 Å². The maximum atomic E-state index is 8.99. The first-order valence-corrected chi connectivity index (χ1v) is 6.40. The van der Waals surface area contributed by atoms with E-state index in [1.807, 2.05) is 17.8 Å². The second kappa shape index (κ2) is 4.99. The van der Waals surface area contributed by atoms with E-state index in [1.165, 1.54) is 31.2 Å². The summed E-state index contributed by atoms with van der Waals surface area (Å²) in [6.45, 7) is 2.16. The summed E-state index contributed by atoms with van der Waals surface area (Å²) in [6, 6.07) is 2.03. The molecule has 1 saturated carbocycles. The van der Waals surface area contributed by atoms with E-state index < -0.39 is 0 Å². The lowest BCUT2D eigenvalue weighted by Crippen LogP contribution is -1.97. The summed E-state index contributed by atoms with van der Waals surface area (Å²) in [5.74, 6) is 0. The molecule has 2 rings (SSSR count). The molecule has 1 aliphatic rings. The maximum Gasteiger partial charge on any atom is 0.0991 e. The minimum absolute atomic E-state index is 0.0855. The zero-order valence-electron chi connectivity index (χ0n) is 9.07. The maximum absolute atomic E-state index is 8.99. The zero-order chi connectivity index (χ0) is 10.7. The molecule has 0 bridgehead atoms. The van der Waals surface area contributed by atoms with Crippen molar-refractivity contribution in [2.75, 3.05) is 0 Å². The summed E-state index contributed by atoms with van der Waals surface area (Å²) in [7, 11) is 0. The molecule has 1 heterocycles. The molecule has 0 atom stereocenters. The minimum atomic E-state index is 0.0855. The van der Waals surface area contributed by atoms with Gasteiger partial charge in [-0.05, 0) is 37.0 Å². The molecule has 3 heteroatoms. The first kappa shape index (κ1) is 11.0. The molecule has 0 unspecified atom stereocenters. The average molecular weight is 223 g/mol. The molecule has 1 fully saturated rings. The highest BCUT2D eigenvalue weighted by Gasteiger charge is 2.17. The smallest absolute Gasteiger partial charge is 0.0991 e. The Morgan fingerprint density at radius 3 is 2.80 bits per heavy atom. The van der Waals surface area contributed by atoms with Crippen LogP contribution in [0.15, 0.2) is 17.3 Å². The number of hydrogen-bond donors (Lipinski definition) is 1. The number of aliphatic hydroxyl groups is 1. The van der Waals surface area contributed by atoms with E-state index in [-0.39, 0.29) is 6.61 Å². The van der Waals surface area contributed by atoms with E-state index in [4.69, 9.17) is 5.11 Å². The van der Waals surface area contributed by atoms with Gasteiger partial charge in [0, 0.05) is 11.4 Å². The second-order valence-electron chi connectivity index (χ2n) is 4.15. The van der Waals surface area contributed by atoms with Crippen LogP contribution in [0, 0.1) is 6.92 Å². The molecule has 0 saturated heterocycles. The fraction of sp³-hybridized carbons (Fsp3) is 0.583. The summed E-state index contributed by atoms with van der Waals surface area (Å²) in [6.07, 6.45) is 7.17. The number of aliphatic hydroxyl groups excluding tert-OH is 1. The summed E-state index contributed by atoms with van der Waals surface area (Å²) in [5, 5.41) is 10.9. The van der Waals surface area contributed by atoms with Crippen molar-refractivity contribution in [2.24, 2.45) is 0 Å². The van der Waals surface area contributed by atoms with Crippen LogP contribution < -0.4 is 0 Å². The molecule has 1 aromatic heterocycles. The molecule has 0 aromatic carbocycles. The predicted molar refractivity (Wildman–Crippen MR) is 63.0 cm³/mol. The third-order valence-corrected chi connectivity index (χ3v) is 4.31. The van der Waals surface area contributed by atoms with Gasteiger partial charge >= 0.3 is 0 Å². The number of thioether (sulfide) groups is 1. The Labute approximate surface area is 95.1 Å². The van der Waals surface area contributed by atoms with Crippen LogP contribution in [0.2, 0.25) is 0 Å². The first-order chi connectivity index (χ1) is 7.29. The van der Waals surface area contributed by atoms with Crippen LogP contribution in [0.4, 0.5) is 0 Å². The van der Waals surface area contributed by atoms with Crippen molar-refractivity contribution >= 4 is 11.8 Å². The van der Waals surface area contributed by atoms with Gasteiger partial charge in [-0.2, -0.15) is 0 Å². The van der Waals surface area contributed by atoms with E-state index in [2.05, 4.69) is 11.9 Å². The molecule has 1 aliphatic carbocycles. The molecule has 0 radical (unpaired) electrons. The summed E-state index contributed by atoms with van der Waals surface area (Å²) < 4.78 is 0. The Kier molecular flexibility index (Phi) is 3.65. The molecule has 1 N–H and O–H groups in total. The van der Waals surface area contributed by atoms with Crippen LogP contribution in [-0.2, 0) is 6.61 Å². The van der Waals surface area contributed by atoms with Gasteiger partial charge in [-0.1, -0.05) is 12.8 Å². The van der Waals surface area contributed by atoms with E-state index in [1.54, 1.807) is 6.20 Å². The van der Waals surface area contributed by atoms with Crippen LogP contribution in [0.1, 0.15) is 36.8 Å². The van der Waals surface area contributed by atoms with Gasteiger partial charge in [-0.3, -0.25) is 0 Å². The van der Waals surface area contributed by atoms with Crippen LogP contribution in [-0.4, -0.2) is 15.3 Å². The van der Waals surface area contributed by atoms with Gasteiger partial charge < -0.3 is 5.11 Å². The van der Waals surface area contributed by atoms with Crippen LogP contribution in [0.5, 0.6) is 0 Å². The molecule has 2 nitrogen and oxygen atoms in total. The lowest BCUT2D eigenvalue weighted by Gasteiger charge is -2.10. The standard InChI is InChI=1S/C12H17NOS/c1-9-6-10(8-14)7-13-12(9)15-11-4-2-3-5-11/h6-7,11,14H,2-5,8H2,1H3. The number of rotatable bonds is 3. The van der Waals surface area contributed by atoms with Gasteiger partial charge in [0.1, 0.15) is 0 Å². The Hall–Kier alpha value is -0.540. The lowest BCUT2D eigenvalue weighted by atomic mass is 10.2. The molecular formula is C12H17NOS. The van der Waals surface area contributed by atoms with Gasteiger partial charge in [0.05, 0.1) is 11.6 Å². The van der Waals surface area contributed by atoms with Gasteiger partial charge in [0.2, 0.25) is 0 Å². The van der Waals surface area contributed by atoms with Gasteiger partial charge in [-0.15, -0.1) is 11.8 Å². The van der Waals surface area contributed by atoms with E-state index in [0.29, 0.717) is 0 Å². The second-order valence-corrected chi connectivity index (χ2v) is 5.44. The normalized spacial score (nSPS) is 17.2. The van der Waals surface area contributed by atoms with Crippen molar-refractivity contribution in [3.8, 4) is 0 Å². The predicted octanol–water partition coefficient (Wildman–Crippen LogP) is 2.92. The average Bonchev–Trinajstić information content (AvgIpc) is 2.74. The number of aromatic nitrogens is 1. The Balaban J connectivity index is 2.07. The van der Waals surface area contributed by atoms with Crippen LogP contribution in [0.3, 0.4) is 0 Å². The number of pyridine rings is 1. The first-order valence-electron chi connectivity index (χ1n) is 5.52. The number of aryl methyl sites for hydroxylation is 1. The highest BCUT2D eigenvalue weighted by atomic mass is 32.2. The fourth-order valence-corrected chi connectivity index (χ4v) is 3.24. The fourth-order valence-electron chi connectivity index (χ4n) is 1.99. The molecule has 0 spiro atoms. The Bertz CT molecular complexity index is 334. The summed E-state index contributed by atoms with van der Waals surface area (Å²) in [4.78, 5) is 4.42. The van der Waals surface area contributed by atoms with Crippen LogP contribution >= 0.6 is 11.8 Å². The molecule has 82 valence electrons. The van der Waals surface area contributed by atoms with Crippen molar-refractivity contribution < 1.29 is 5.11 Å². The van der Waals surface area contributed by atoms with E-state index in [9.17, 15) is 0 Å². The third-order valence-electron chi connectivity index (χ3n) is 2.85. The number of hydrogen-bond acceptors (Lipinski definition) is 3. The minimum Gasteiger partial charge on any atom is -0.392 e. The van der Waals surface area contributed by atoms with Gasteiger partial charge in [0.15, 0.2) is 0 Å². The number of nitrogens with zero attached hydrogens (tertiary/aromatic N) is 1. The Morgan fingerprint density at radius 1 is 1.47 bits per heavy atom. The van der Waals surface area contributed by atoms with Crippen molar-refractivity contribution in [1.82, 2.24) is 4.98 Å². The topological polar surface area (TPSA) is 33.1 Å². The summed E-state index contributed by atoms with van der Waals surface area (Å²) >= 11 is 1.90. The van der Waals surface area contributed by atoms with Crippen molar-refractivity contribution in [1.29, 1.82) is 0 Å². The highest BCUT2D eigenvalue weighted by molar-refractivity contribution is 7.99.